The summed E-state index contributed by atoms with van der Waals surface area (Å²) in [6, 6.07) is 4.22. The molecular weight excluding hydrogens is 488 g/mol. The summed E-state index contributed by atoms with van der Waals surface area (Å²) in [7, 11) is 0. The van der Waals surface area contributed by atoms with E-state index in [1.807, 2.05) is 20.8 Å². The van der Waals surface area contributed by atoms with E-state index in [4.69, 9.17) is 0 Å². The van der Waals surface area contributed by atoms with E-state index >= 15 is 0 Å². The maximum Gasteiger partial charge on any atom is 0.245 e. The Morgan fingerprint density at radius 1 is 1.11 bits per heavy atom. The van der Waals surface area contributed by atoms with Gasteiger partial charge in [0, 0.05) is 25.7 Å². The third kappa shape index (κ3) is 8.33. The van der Waals surface area contributed by atoms with Crippen LogP contribution in [0.4, 0.5) is 0 Å². The molecule has 10 nitrogen and oxygen atoms in total. The summed E-state index contributed by atoms with van der Waals surface area (Å²) in [6.45, 7) is 7.33. The lowest BCUT2D eigenvalue weighted by Crippen LogP contribution is -2.58. The summed E-state index contributed by atoms with van der Waals surface area (Å²) < 4.78 is 0. The fourth-order valence-electron chi connectivity index (χ4n) is 5.52. The Bertz CT molecular complexity index is 951. The van der Waals surface area contributed by atoms with E-state index in [2.05, 4.69) is 10.6 Å². The Hall–Kier alpha value is -2.85. The molecule has 3 amide bonds. The van der Waals surface area contributed by atoms with Crippen LogP contribution in [0.5, 0.6) is 11.5 Å². The monoisotopic (exact) mass is 532 g/mol. The second kappa shape index (κ2) is 13.3. The first-order valence-corrected chi connectivity index (χ1v) is 13.7. The van der Waals surface area contributed by atoms with E-state index in [0.717, 1.165) is 44.1 Å². The van der Waals surface area contributed by atoms with Gasteiger partial charge in [-0.2, -0.15) is 0 Å². The van der Waals surface area contributed by atoms with Crippen molar-refractivity contribution in [2.24, 2.45) is 17.3 Å². The minimum Gasteiger partial charge on any atom is -0.504 e. The van der Waals surface area contributed by atoms with Crippen molar-refractivity contribution in [1.82, 2.24) is 20.6 Å². The van der Waals surface area contributed by atoms with Crippen LogP contribution in [0.1, 0.15) is 71.3 Å². The summed E-state index contributed by atoms with van der Waals surface area (Å²) >= 11 is 0. The summed E-state index contributed by atoms with van der Waals surface area (Å²) in [4.78, 5) is 39.8. The van der Waals surface area contributed by atoms with E-state index in [-0.39, 0.29) is 35.9 Å². The molecule has 2 atom stereocenters. The van der Waals surface area contributed by atoms with Crippen LogP contribution < -0.4 is 10.6 Å². The molecule has 0 unspecified atom stereocenters. The number of benzene rings is 1. The molecule has 1 aromatic rings. The molecule has 212 valence electrons. The highest BCUT2D eigenvalue weighted by Gasteiger charge is 2.38. The van der Waals surface area contributed by atoms with E-state index < -0.39 is 17.4 Å². The molecule has 2 aliphatic rings. The quantitative estimate of drug-likeness (QED) is 0.128. The van der Waals surface area contributed by atoms with Gasteiger partial charge in [0.25, 0.3) is 0 Å². The van der Waals surface area contributed by atoms with E-state index in [9.17, 15) is 29.8 Å². The van der Waals surface area contributed by atoms with Gasteiger partial charge >= 0.3 is 0 Å². The average Bonchev–Trinajstić information content (AvgIpc) is 3.39. The van der Waals surface area contributed by atoms with Crippen LogP contribution >= 0.6 is 0 Å². The number of phenols is 2. The van der Waals surface area contributed by atoms with Crippen LogP contribution in [-0.2, 0) is 20.9 Å². The maximum atomic E-state index is 13.6. The standard InChI is InChI=1S/C28H44N4O6/c1-28(2,3)25(30-26(36)21(17-32(38)18-33)14-19-6-4-5-7-19)27(37)31-12-10-22(11-13-31)29-16-20-8-9-23(34)24(35)15-20/h8-9,15,18-19,21-22,25,29,34-35,38H,4-7,10-14,16-17H2,1-3H3,(H,30,36)/t21-,25-/m0/s1. The number of nitrogens with one attached hydrogen (secondary N) is 2. The van der Waals surface area contributed by atoms with Crippen molar-refractivity contribution in [3.63, 3.8) is 0 Å². The summed E-state index contributed by atoms with van der Waals surface area (Å²) in [6.07, 6.45) is 6.72. The van der Waals surface area contributed by atoms with Crippen LogP contribution in [0, 0.1) is 17.3 Å². The molecule has 1 saturated carbocycles. The van der Waals surface area contributed by atoms with Crippen molar-refractivity contribution in [2.75, 3.05) is 19.6 Å². The van der Waals surface area contributed by atoms with E-state index in [0.29, 0.717) is 43.4 Å². The highest BCUT2D eigenvalue weighted by atomic mass is 16.5. The number of phenolic OH excluding ortho intramolecular Hbond substituents is 2. The zero-order valence-electron chi connectivity index (χ0n) is 22.9. The van der Waals surface area contributed by atoms with Crippen LogP contribution in [-0.4, -0.2) is 75.3 Å². The highest BCUT2D eigenvalue weighted by molar-refractivity contribution is 5.89. The van der Waals surface area contributed by atoms with Gasteiger partial charge in [-0.05, 0) is 48.3 Å². The number of amides is 3. The molecule has 2 fully saturated rings. The van der Waals surface area contributed by atoms with Crippen molar-refractivity contribution in [3.05, 3.63) is 23.8 Å². The molecule has 0 spiro atoms. The lowest BCUT2D eigenvalue weighted by Gasteiger charge is -2.39. The Morgan fingerprint density at radius 3 is 2.34 bits per heavy atom. The summed E-state index contributed by atoms with van der Waals surface area (Å²) in [5, 5.41) is 35.9. The number of hydrogen-bond acceptors (Lipinski definition) is 7. The Labute approximate surface area is 225 Å². The molecule has 3 rings (SSSR count). The molecular formula is C28H44N4O6. The smallest absolute Gasteiger partial charge is 0.245 e. The predicted octanol–water partition coefficient (Wildman–Crippen LogP) is 2.75. The molecule has 1 aliphatic heterocycles. The van der Waals surface area contributed by atoms with Crippen molar-refractivity contribution < 1.29 is 29.8 Å². The van der Waals surface area contributed by atoms with Crippen LogP contribution in [0.25, 0.3) is 0 Å². The topological polar surface area (TPSA) is 142 Å². The molecule has 0 bridgehead atoms. The first-order valence-electron chi connectivity index (χ1n) is 13.7. The summed E-state index contributed by atoms with van der Waals surface area (Å²) in [5.74, 6) is -0.929. The number of aromatic hydroxyl groups is 2. The van der Waals surface area contributed by atoms with E-state index in [1.165, 1.54) is 12.1 Å². The lowest BCUT2D eigenvalue weighted by atomic mass is 9.84. The predicted molar refractivity (Wildman–Crippen MR) is 142 cm³/mol. The van der Waals surface area contributed by atoms with Gasteiger partial charge in [0.2, 0.25) is 18.2 Å². The largest absolute Gasteiger partial charge is 0.504 e. The maximum absolute atomic E-state index is 13.6. The van der Waals surface area contributed by atoms with Crippen LogP contribution in [0.15, 0.2) is 18.2 Å². The van der Waals surface area contributed by atoms with Gasteiger partial charge in [-0.25, -0.2) is 5.06 Å². The van der Waals surface area contributed by atoms with Crippen LogP contribution in [0.2, 0.25) is 0 Å². The molecule has 38 heavy (non-hydrogen) atoms. The first-order chi connectivity index (χ1) is 18.0. The summed E-state index contributed by atoms with van der Waals surface area (Å²) in [5.41, 5.74) is 0.335. The SMILES string of the molecule is CC(C)(C)[C@@H](NC(=O)[C@@H](CC1CCCC1)CN(O)C=O)C(=O)N1CCC(NCc2ccc(O)c(O)c2)CC1. The number of piperidine rings is 1. The molecule has 10 heteroatoms. The Kier molecular flexibility index (Phi) is 10.4. The molecule has 5 N–H and O–H groups in total. The second-order valence-electron chi connectivity index (χ2n) is 11.9. The number of hydroxylamine groups is 2. The average molecular weight is 533 g/mol. The van der Waals surface area contributed by atoms with Crippen molar-refractivity contribution in [1.29, 1.82) is 0 Å². The minimum absolute atomic E-state index is 0.0905. The molecule has 1 saturated heterocycles. The molecule has 1 heterocycles. The molecule has 0 aromatic heterocycles. The molecule has 1 aromatic carbocycles. The number of hydrogen-bond donors (Lipinski definition) is 5. The lowest BCUT2D eigenvalue weighted by molar-refractivity contribution is -0.156. The zero-order valence-corrected chi connectivity index (χ0v) is 22.9. The molecule has 0 radical (unpaired) electrons. The van der Waals surface area contributed by atoms with Gasteiger partial charge < -0.3 is 25.7 Å². The van der Waals surface area contributed by atoms with Gasteiger partial charge in [-0.1, -0.05) is 52.5 Å². The number of rotatable bonds is 11. The third-order valence-electron chi connectivity index (χ3n) is 7.83. The number of carbonyl (C=O) groups is 3. The van der Waals surface area contributed by atoms with Crippen LogP contribution in [0.3, 0.4) is 0 Å². The van der Waals surface area contributed by atoms with E-state index in [1.54, 1.807) is 11.0 Å². The Morgan fingerprint density at radius 2 is 1.76 bits per heavy atom. The third-order valence-corrected chi connectivity index (χ3v) is 7.83. The molecule has 1 aliphatic carbocycles. The normalized spacial score (nSPS) is 18.7. The van der Waals surface area contributed by atoms with Crippen molar-refractivity contribution in [2.45, 2.75) is 84.3 Å². The van der Waals surface area contributed by atoms with Gasteiger partial charge in [-0.15, -0.1) is 0 Å². The number of carbonyl (C=O) groups excluding carboxylic acids is 3. The highest BCUT2D eigenvalue weighted by Crippen LogP contribution is 2.31. The first kappa shape index (κ1) is 29.7. The van der Waals surface area contributed by atoms with Gasteiger partial charge in [0.1, 0.15) is 6.04 Å². The van der Waals surface area contributed by atoms with Gasteiger partial charge in [0.05, 0.1) is 12.5 Å². The number of likely N-dealkylation sites (tertiary alicyclic amines) is 1. The van der Waals surface area contributed by atoms with Crippen molar-refractivity contribution in [3.8, 4) is 11.5 Å². The minimum atomic E-state index is -0.728. The van der Waals surface area contributed by atoms with Crippen molar-refractivity contribution >= 4 is 18.2 Å². The fraction of sp³-hybridized carbons (Fsp3) is 0.679. The zero-order chi connectivity index (χ0) is 27.9. The Balaban J connectivity index is 1.58. The second-order valence-corrected chi connectivity index (χ2v) is 11.9. The number of nitrogens with zero attached hydrogens (tertiary/aromatic N) is 2. The van der Waals surface area contributed by atoms with Gasteiger partial charge in [-0.3, -0.25) is 19.6 Å². The fourth-order valence-corrected chi connectivity index (χ4v) is 5.52. The van der Waals surface area contributed by atoms with Gasteiger partial charge in [0.15, 0.2) is 11.5 Å².